The molecule has 1 aromatic heterocycles. The number of aromatic nitrogens is 1. The first-order chi connectivity index (χ1) is 18.4. The smallest absolute Gasteiger partial charge is 0.345 e. The second-order valence-electron chi connectivity index (χ2n) is 9.06. The van der Waals surface area contributed by atoms with Gasteiger partial charge in [0.05, 0.1) is 18.7 Å². The number of nitrogens with two attached hydrogens (primary N) is 2. The number of hydrogen-bond donors (Lipinski definition) is 2. The van der Waals surface area contributed by atoms with Crippen molar-refractivity contribution in [1.29, 1.82) is 0 Å². The van der Waals surface area contributed by atoms with E-state index in [4.69, 9.17) is 20.9 Å². The molecule has 1 aliphatic rings. The molecule has 4 aromatic rings. The number of esters is 2. The summed E-state index contributed by atoms with van der Waals surface area (Å²) in [6.07, 6.45) is 1.64. The SMILES string of the molecule is NCC(=O)N1C[C@](Oc2ccccc2)(c2ccccc2)C[C@H]1C(=O)OC(=O)c1ccc2ccnc(N)c2c1. The lowest BCUT2D eigenvalue weighted by Gasteiger charge is -2.31. The quantitative estimate of drug-likeness (QED) is 0.298. The minimum atomic E-state index is -1.09. The Morgan fingerprint density at radius 1 is 0.974 bits per heavy atom. The molecule has 1 amide bonds. The average molecular weight is 511 g/mol. The molecule has 0 bridgehead atoms. The van der Waals surface area contributed by atoms with Crippen LogP contribution in [0, 0.1) is 0 Å². The molecule has 2 atom stereocenters. The van der Waals surface area contributed by atoms with E-state index >= 15 is 0 Å². The van der Waals surface area contributed by atoms with E-state index in [9.17, 15) is 14.4 Å². The molecule has 0 unspecified atom stereocenters. The van der Waals surface area contributed by atoms with E-state index in [1.807, 2.05) is 48.5 Å². The van der Waals surface area contributed by atoms with Crippen molar-refractivity contribution in [2.24, 2.45) is 5.73 Å². The van der Waals surface area contributed by atoms with Crippen LogP contribution in [0.15, 0.2) is 91.1 Å². The number of pyridine rings is 1. The second kappa shape index (κ2) is 10.3. The molecule has 4 N–H and O–H groups in total. The maximum Gasteiger partial charge on any atom is 0.345 e. The Bertz CT molecular complexity index is 1500. The first-order valence-electron chi connectivity index (χ1n) is 12.1. The third-order valence-corrected chi connectivity index (χ3v) is 6.67. The van der Waals surface area contributed by atoms with Crippen molar-refractivity contribution in [3.63, 3.8) is 0 Å². The summed E-state index contributed by atoms with van der Waals surface area (Å²) in [4.78, 5) is 44.6. The third kappa shape index (κ3) is 4.79. The van der Waals surface area contributed by atoms with Crippen LogP contribution in [0.25, 0.3) is 10.8 Å². The van der Waals surface area contributed by atoms with Gasteiger partial charge >= 0.3 is 11.9 Å². The topological polar surface area (TPSA) is 138 Å². The van der Waals surface area contributed by atoms with Crippen molar-refractivity contribution in [2.45, 2.75) is 18.1 Å². The van der Waals surface area contributed by atoms with Gasteiger partial charge in [0.25, 0.3) is 0 Å². The highest BCUT2D eigenvalue weighted by Gasteiger charge is 2.52. The Morgan fingerprint density at radius 2 is 1.68 bits per heavy atom. The summed E-state index contributed by atoms with van der Waals surface area (Å²) in [5, 5.41) is 1.36. The number of para-hydroxylation sites is 1. The van der Waals surface area contributed by atoms with E-state index in [0.717, 1.165) is 10.9 Å². The molecule has 0 saturated carbocycles. The molecule has 1 saturated heterocycles. The molecule has 2 heterocycles. The summed E-state index contributed by atoms with van der Waals surface area (Å²) in [5.74, 6) is -1.36. The maximum absolute atomic E-state index is 13.4. The van der Waals surface area contributed by atoms with E-state index < -0.39 is 29.5 Å². The largest absolute Gasteiger partial charge is 0.481 e. The average Bonchev–Trinajstić information content (AvgIpc) is 3.34. The Labute approximate surface area is 219 Å². The van der Waals surface area contributed by atoms with E-state index in [-0.39, 0.29) is 30.9 Å². The number of likely N-dealkylation sites (tertiary alicyclic amines) is 1. The van der Waals surface area contributed by atoms with Crippen molar-refractivity contribution < 1.29 is 23.9 Å². The number of nitrogen functional groups attached to an aromatic ring is 1. The van der Waals surface area contributed by atoms with Gasteiger partial charge in [0.2, 0.25) is 5.91 Å². The first kappa shape index (κ1) is 24.9. The van der Waals surface area contributed by atoms with Gasteiger partial charge in [0, 0.05) is 18.0 Å². The second-order valence-corrected chi connectivity index (χ2v) is 9.06. The first-order valence-corrected chi connectivity index (χ1v) is 12.1. The number of rotatable bonds is 6. The summed E-state index contributed by atoms with van der Waals surface area (Å²) in [5.41, 5.74) is 11.5. The lowest BCUT2D eigenvalue weighted by Crippen LogP contribution is -2.45. The van der Waals surface area contributed by atoms with Crippen molar-refractivity contribution in [3.8, 4) is 5.75 Å². The van der Waals surface area contributed by atoms with Crippen LogP contribution in [0.3, 0.4) is 0 Å². The number of nitrogens with zero attached hydrogens (tertiary/aromatic N) is 2. The number of carbonyl (C=O) groups is 3. The van der Waals surface area contributed by atoms with Gasteiger partial charge in [-0.3, -0.25) is 4.79 Å². The highest BCUT2D eigenvalue weighted by Crippen LogP contribution is 2.40. The van der Waals surface area contributed by atoms with Gasteiger partial charge in [-0.05, 0) is 41.3 Å². The predicted molar refractivity (Wildman–Crippen MR) is 141 cm³/mol. The van der Waals surface area contributed by atoms with Crippen LogP contribution in [-0.4, -0.2) is 46.9 Å². The van der Waals surface area contributed by atoms with E-state index in [1.165, 1.54) is 11.0 Å². The van der Waals surface area contributed by atoms with Gasteiger partial charge in [-0.25, -0.2) is 14.6 Å². The van der Waals surface area contributed by atoms with E-state index in [2.05, 4.69) is 4.98 Å². The molecule has 1 fully saturated rings. The molecule has 9 heteroatoms. The summed E-state index contributed by atoms with van der Waals surface area (Å²) in [6.45, 7) is -0.265. The van der Waals surface area contributed by atoms with Gasteiger partial charge < -0.3 is 25.8 Å². The molecule has 1 aliphatic heterocycles. The number of ether oxygens (including phenoxy) is 2. The molecule has 9 nitrogen and oxygen atoms in total. The Morgan fingerprint density at radius 3 is 2.39 bits per heavy atom. The number of benzene rings is 3. The van der Waals surface area contributed by atoms with Gasteiger partial charge in [-0.2, -0.15) is 0 Å². The van der Waals surface area contributed by atoms with E-state index in [0.29, 0.717) is 11.1 Å². The predicted octanol–water partition coefficient (Wildman–Crippen LogP) is 3.03. The summed E-state index contributed by atoms with van der Waals surface area (Å²) < 4.78 is 11.7. The summed E-state index contributed by atoms with van der Waals surface area (Å²) in [6, 6.07) is 23.9. The van der Waals surface area contributed by atoms with Crippen LogP contribution >= 0.6 is 0 Å². The number of anilines is 1. The Kier molecular flexibility index (Phi) is 6.76. The lowest BCUT2D eigenvalue weighted by molar-refractivity contribution is -0.148. The monoisotopic (exact) mass is 510 g/mol. The van der Waals surface area contributed by atoms with Crippen LogP contribution in [0.2, 0.25) is 0 Å². The van der Waals surface area contributed by atoms with Crippen LogP contribution < -0.4 is 16.2 Å². The van der Waals surface area contributed by atoms with Crippen molar-refractivity contribution in [3.05, 3.63) is 102 Å². The van der Waals surface area contributed by atoms with Crippen molar-refractivity contribution >= 4 is 34.4 Å². The molecule has 0 spiro atoms. The van der Waals surface area contributed by atoms with Gasteiger partial charge in [0.1, 0.15) is 17.6 Å². The molecular weight excluding hydrogens is 484 g/mol. The van der Waals surface area contributed by atoms with Gasteiger partial charge in [-0.15, -0.1) is 0 Å². The van der Waals surface area contributed by atoms with Crippen LogP contribution in [0.1, 0.15) is 22.3 Å². The zero-order valence-electron chi connectivity index (χ0n) is 20.4. The fourth-order valence-electron chi connectivity index (χ4n) is 4.80. The minimum Gasteiger partial charge on any atom is -0.481 e. The standard InChI is InChI=1S/C29H26N4O5/c30-17-25(34)33-18-29(21-7-3-1-4-8-21,38-22-9-5-2-6-10-22)16-24(33)28(36)37-27(35)20-12-11-19-13-14-32-26(31)23(19)15-20/h1-15,24H,16-18,30H2,(H2,31,32)/t24-,29-/m0/s1. The van der Waals surface area contributed by atoms with Crippen LogP contribution in [0.5, 0.6) is 5.75 Å². The van der Waals surface area contributed by atoms with Gasteiger partial charge in [-0.1, -0.05) is 54.6 Å². The highest BCUT2D eigenvalue weighted by atomic mass is 16.6. The normalized spacial score (nSPS) is 18.8. The highest BCUT2D eigenvalue weighted by molar-refractivity contribution is 6.03. The molecule has 5 rings (SSSR count). The summed E-state index contributed by atoms with van der Waals surface area (Å²) in [7, 11) is 0. The molecular formula is C29H26N4O5. The lowest BCUT2D eigenvalue weighted by atomic mass is 9.90. The molecule has 192 valence electrons. The molecule has 3 aromatic carbocycles. The fraction of sp³-hybridized carbons (Fsp3) is 0.172. The minimum absolute atomic E-state index is 0.0497. The zero-order valence-corrected chi connectivity index (χ0v) is 20.4. The van der Waals surface area contributed by atoms with Gasteiger partial charge in [0.15, 0.2) is 5.60 Å². The maximum atomic E-state index is 13.4. The van der Waals surface area contributed by atoms with Crippen LogP contribution in [-0.2, 0) is 19.9 Å². The van der Waals surface area contributed by atoms with Crippen molar-refractivity contribution in [2.75, 3.05) is 18.8 Å². The number of amides is 1. The molecule has 0 radical (unpaired) electrons. The molecule has 0 aliphatic carbocycles. The van der Waals surface area contributed by atoms with Crippen LogP contribution in [0.4, 0.5) is 5.82 Å². The molecule has 38 heavy (non-hydrogen) atoms. The Hall–Kier alpha value is -4.76. The fourth-order valence-corrected chi connectivity index (χ4v) is 4.80. The Balaban J connectivity index is 1.45. The van der Waals surface area contributed by atoms with E-state index in [1.54, 1.807) is 36.5 Å². The third-order valence-electron chi connectivity index (χ3n) is 6.67. The zero-order chi connectivity index (χ0) is 26.7. The number of fused-ring (bicyclic) bond motifs is 1. The number of carbonyl (C=O) groups excluding carboxylic acids is 3. The van der Waals surface area contributed by atoms with Crippen molar-refractivity contribution in [1.82, 2.24) is 9.88 Å². The summed E-state index contributed by atoms with van der Waals surface area (Å²) >= 11 is 0. The number of hydrogen-bond acceptors (Lipinski definition) is 8.